The number of carbonyl (C=O) groups is 1. The first kappa shape index (κ1) is 19.4. The standard InChI is InChI=1S/C24H18Cl2N2O/c1-14-7-10-17(11-8-14)27-24(29)22-15(2)23(18-12-9-16(25)13-20(18)26)28-21-6-4-3-5-19(21)22/h3-13H,1-2H3,(H,27,29). The van der Waals surface area contributed by atoms with Crippen molar-refractivity contribution in [3.8, 4) is 11.3 Å². The monoisotopic (exact) mass is 420 g/mol. The van der Waals surface area contributed by atoms with Gasteiger partial charge in [0.1, 0.15) is 0 Å². The van der Waals surface area contributed by atoms with Gasteiger partial charge in [0.2, 0.25) is 0 Å². The molecule has 0 fully saturated rings. The van der Waals surface area contributed by atoms with Gasteiger partial charge in [-0.1, -0.05) is 59.1 Å². The van der Waals surface area contributed by atoms with E-state index in [-0.39, 0.29) is 5.91 Å². The fourth-order valence-corrected chi connectivity index (χ4v) is 3.87. The first-order chi connectivity index (χ1) is 13.9. The molecular formula is C24H18Cl2N2O. The number of carbonyl (C=O) groups excluding carboxylic acids is 1. The zero-order valence-corrected chi connectivity index (χ0v) is 17.5. The van der Waals surface area contributed by atoms with Gasteiger partial charge in [0, 0.05) is 21.7 Å². The van der Waals surface area contributed by atoms with Gasteiger partial charge in [-0.2, -0.15) is 0 Å². The molecule has 1 heterocycles. The third kappa shape index (κ3) is 3.84. The minimum absolute atomic E-state index is 0.184. The highest BCUT2D eigenvalue weighted by molar-refractivity contribution is 6.36. The molecule has 0 spiro atoms. The number of aromatic nitrogens is 1. The molecular weight excluding hydrogens is 403 g/mol. The van der Waals surface area contributed by atoms with E-state index in [9.17, 15) is 4.79 Å². The Bertz CT molecular complexity index is 1230. The number of anilines is 1. The lowest BCUT2D eigenvalue weighted by Gasteiger charge is -2.16. The molecule has 0 aliphatic rings. The summed E-state index contributed by atoms with van der Waals surface area (Å²) >= 11 is 12.5. The van der Waals surface area contributed by atoms with E-state index in [0.29, 0.717) is 21.3 Å². The minimum atomic E-state index is -0.184. The van der Waals surface area contributed by atoms with Crippen LogP contribution in [0.25, 0.3) is 22.2 Å². The van der Waals surface area contributed by atoms with E-state index in [0.717, 1.165) is 33.3 Å². The zero-order chi connectivity index (χ0) is 20.5. The molecule has 4 rings (SSSR count). The van der Waals surface area contributed by atoms with Gasteiger partial charge in [-0.25, -0.2) is 4.98 Å². The van der Waals surface area contributed by atoms with Crippen LogP contribution in [-0.4, -0.2) is 10.9 Å². The molecule has 0 atom stereocenters. The highest BCUT2D eigenvalue weighted by atomic mass is 35.5. The number of hydrogen-bond donors (Lipinski definition) is 1. The molecule has 29 heavy (non-hydrogen) atoms. The largest absolute Gasteiger partial charge is 0.322 e. The number of nitrogens with one attached hydrogen (secondary N) is 1. The molecule has 4 aromatic rings. The van der Waals surface area contributed by atoms with Crippen LogP contribution in [0.5, 0.6) is 0 Å². The number of pyridine rings is 1. The van der Waals surface area contributed by atoms with Crippen molar-refractivity contribution in [1.82, 2.24) is 4.98 Å². The van der Waals surface area contributed by atoms with E-state index in [1.165, 1.54) is 0 Å². The predicted molar refractivity (Wildman–Crippen MR) is 121 cm³/mol. The highest BCUT2D eigenvalue weighted by Crippen LogP contribution is 2.35. The molecule has 3 nitrogen and oxygen atoms in total. The fraction of sp³-hybridized carbons (Fsp3) is 0.0833. The van der Waals surface area contributed by atoms with Crippen molar-refractivity contribution in [1.29, 1.82) is 0 Å². The normalized spacial score (nSPS) is 10.9. The van der Waals surface area contributed by atoms with Crippen LogP contribution in [0.3, 0.4) is 0 Å². The topological polar surface area (TPSA) is 42.0 Å². The Kier molecular flexibility index (Phi) is 5.27. The summed E-state index contributed by atoms with van der Waals surface area (Å²) in [4.78, 5) is 18.1. The first-order valence-electron chi connectivity index (χ1n) is 9.17. The molecule has 0 saturated carbocycles. The molecule has 0 aliphatic carbocycles. The summed E-state index contributed by atoms with van der Waals surface area (Å²) in [5, 5.41) is 4.84. The summed E-state index contributed by atoms with van der Waals surface area (Å²) in [6.07, 6.45) is 0. The quantitative estimate of drug-likeness (QED) is 0.384. The predicted octanol–water partition coefficient (Wildman–Crippen LogP) is 7.08. The molecule has 5 heteroatoms. The van der Waals surface area contributed by atoms with E-state index < -0.39 is 0 Å². The van der Waals surface area contributed by atoms with Crippen LogP contribution in [0.1, 0.15) is 21.5 Å². The molecule has 1 N–H and O–H groups in total. The Hall–Kier alpha value is -2.88. The van der Waals surface area contributed by atoms with E-state index >= 15 is 0 Å². The lowest BCUT2D eigenvalue weighted by atomic mass is 9.97. The number of aryl methyl sites for hydroxylation is 1. The maximum Gasteiger partial charge on any atom is 0.256 e. The van der Waals surface area contributed by atoms with Crippen LogP contribution < -0.4 is 5.32 Å². The van der Waals surface area contributed by atoms with E-state index in [4.69, 9.17) is 28.2 Å². The molecule has 0 bridgehead atoms. The van der Waals surface area contributed by atoms with Crippen LogP contribution in [0.15, 0.2) is 66.7 Å². The molecule has 0 radical (unpaired) electrons. The van der Waals surface area contributed by atoms with Crippen LogP contribution in [-0.2, 0) is 0 Å². The van der Waals surface area contributed by atoms with Crippen molar-refractivity contribution in [2.45, 2.75) is 13.8 Å². The summed E-state index contributed by atoms with van der Waals surface area (Å²) in [5.41, 5.74) is 5.35. The van der Waals surface area contributed by atoms with Crippen molar-refractivity contribution >= 4 is 45.7 Å². The van der Waals surface area contributed by atoms with Crippen molar-refractivity contribution in [3.05, 3.63) is 93.5 Å². The fourth-order valence-electron chi connectivity index (χ4n) is 3.37. The number of halogens is 2. The Morgan fingerprint density at radius 3 is 2.38 bits per heavy atom. The van der Waals surface area contributed by atoms with Gasteiger partial charge in [-0.05, 0) is 55.8 Å². The number of fused-ring (bicyclic) bond motifs is 1. The van der Waals surface area contributed by atoms with Gasteiger partial charge in [0.25, 0.3) is 5.91 Å². The van der Waals surface area contributed by atoms with E-state index in [2.05, 4.69) is 5.32 Å². The minimum Gasteiger partial charge on any atom is -0.322 e. The second-order valence-corrected chi connectivity index (χ2v) is 7.77. The lowest BCUT2D eigenvalue weighted by molar-refractivity contribution is 0.102. The van der Waals surface area contributed by atoms with Gasteiger partial charge in [0.15, 0.2) is 0 Å². The van der Waals surface area contributed by atoms with Crippen molar-refractivity contribution in [2.24, 2.45) is 0 Å². The second kappa shape index (κ2) is 7.86. The summed E-state index contributed by atoms with van der Waals surface area (Å²) in [6.45, 7) is 3.90. The number of benzene rings is 3. The number of nitrogens with zero attached hydrogens (tertiary/aromatic N) is 1. The van der Waals surface area contributed by atoms with Crippen LogP contribution in [0, 0.1) is 13.8 Å². The molecule has 1 amide bonds. The molecule has 1 aromatic heterocycles. The van der Waals surface area contributed by atoms with Crippen molar-refractivity contribution in [3.63, 3.8) is 0 Å². The van der Waals surface area contributed by atoms with Gasteiger partial charge in [-0.3, -0.25) is 4.79 Å². The third-order valence-corrected chi connectivity index (χ3v) is 5.41. The zero-order valence-electron chi connectivity index (χ0n) is 16.0. The number of rotatable bonds is 3. The summed E-state index contributed by atoms with van der Waals surface area (Å²) in [6, 6.07) is 20.6. The van der Waals surface area contributed by atoms with Crippen molar-refractivity contribution < 1.29 is 4.79 Å². The summed E-state index contributed by atoms with van der Waals surface area (Å²) < 4.78 is 0. The average Bonchev–Trinajstić information content (AvgIpc) is 2.69. The average molecular weight is 421 g/mol. The number of hydrogen-bond acceptors (Lipinski definition) is 2. The Morgan fingerprint density at radius 1 is 0.931 bits per heavy atom. The molecule has 0 saturated heterocycles. The van der Waals surface area contributed by atoms with E-state index in [1.54, 1.807) is 12.1 Å². The lowest BCUT2D eigenvalue weighted by Crippen LogP contribution is -2.15. The maximum atomic E-state index is 13.3. The maximum absolute atomic E-state index is 13.3. The molecule has 0 aliphatic heterocycles. The molecule has 3 aromatic carbocycles. The Balaban J connectivity index is 1.89. The van der Waals surface area contributed by atoms with Gasteiger partial charge >= 0.3 is 0 Å². The third-order valence-electron chi connectivity index (χ3n) is 4.86. The smallest absolute Gasteiger partial charge is 0.256 e. The van der Waals surface area contributed by atoms with Gasteiger partial charge in [0.05, 0.1) is 21.8 Å². The van der Waals surface area contributed by atoms with Gasteiger partial charge in [-0.15, -0.1) is 0 Å². The van der Waals surface area contributed by atoms with Crippen LogP contribution >= 0.6 is 23.2 Å². The Labute approximate surface area is 179 Å². The summed E-state index contributed by atoms with van der Waals surface area (Å²) in [5.74, 6) is -0.184. The number of para-hydroxylation sites is 1. The van der Waals surface area contributed by atoms with Gasteiger partial charge < -0.3 is 5.32 Å². The first-order valence-corrected chi connectivity index (χ1v) is 9.92. The Morgan fingerprint density at radius 2 is 1.66 bits per heavy atom. The molecule has 144 valence electrons. The summed E-state index contributed by atoms with van der Waals surface area (Å²) in [7, 11) is 0. The van der Waals surface area contributed by atoms with E-state index in [1.807, 2.05) is 68.4 Å². The van der Waals surface area contributed by atoms with Crippen molar-refractivity contribution in [2.75, 3.05) is 5.32 Å². The van der Waals surface area contributed by atoms with Crippen LogP contribution in [0.4, 0.5) is 5.69 Å². The highest BCUT2D eigenvalue weighted by Gasteiger charge is 2.20. The second-order valence-electron chi connectivity index (χ2n) is 6.92. The van der Waals surface area contributed by atoms with Crippen LogP contribution in [0.2, 0.25) is 10.0 Å². The SMILES string of the molecule is Cc1ccc(NC(=O)c2c(C)c(-c3ccc(Cl)cc3Cl)nc3ccccc23)cc1. The number of amides is 1. The molecule has 0 unspecified atom stereocenters.